The van der Waals surface area contributed by atoms with Crippen LogP contribution in [0.5, 0.6) is 11.5 Å². The Hall–Kier alpha value is -1.13. The zero-order valence-electron chi connectivity index (χ0n) is 15.2. The molecule has 0 spiro atoms. The first kappa shape index (κ1) is 22.9. The van der Waals surface area contributed by atoms with E-state index in [0.29, 0.717) is 29.0 Å². The van der Waals surface area contributed by atoms with E-state index in [9.17, 15) is 0 Å². The van der Waals surface area contributed by atoms with Gasteiger partial charge in [-0.05, 0) is 49.7 Å². The van der Waals surface area contributed by atoms with Crippen molar-refractivity contribution >= 4 is 35.6 Å². The molecule has 0 saturated carbocycles. The number of nitrogens with one attached hydrogen (secondary N) is 1. The average molecular weight is 419 g/mol. The van der Waals surface area contributed by atoms with Crippen molar-refractivity contribution in [2.75, 3.05) is 13.2 Å². The van der Waals surface area contributed by atoms with E-state index in [1.54, 1.807) is 12.1 Å². The molecule has 0 atom stereocenters. The summed E-state index contributed by atoms with van der Waals surface area (Å²) in [4.78, 5) is 0. The van der Waals surface area contributed by atoms with Crippen molar-refractivity contribution in [1.29, 1.82) is 0 Å². The minimum Gasteiger partial charge on any atom is -0.490 e. The van der Waals surface area contributed by atoms with E-state index in [2.05, 4.69) is 18.3 Å². The highest BCUT2D eigenvalue weighted by molar-refractivity contribution is 6.35. The molecule has 144 valence electrons. The molecule has 1 N–H and O–H groups in total. The van der Waals surface area contributed by atoms with Crippen molar-refractivity contribution in [3.05, 3.63) is 57.6 Å². The highest BCUT2D eigenvalue weighted by atomic mass is 35.5. The molecule has 0 bridgehead atoms. The van der Waals surface area contributed by atoms with Crippen LogP contribution in [-0.4, -0.2) is 13.2 Å². The lowest BCUT2D eigenvalue weighted by molar-refractivity contribution is 0.269. The van der Waals surface area contributed by atoms with Crippen LogP contribution in [0.1, 0.15) is 37.8 Å². The van der Waals surface area contributed by atoms with E-state index in [0.717, 1.165) is 24.4 Å². The van der Waals surface area contributed by atoms with Crippen LogP contribution >= 0.6 is 35.6 Å². The summed E-state index contributed by atoms with van der Waals surface area (Å²) in [6.07, 6.45) is 2.37. The average Bonchev–Trinajstić information content (AvgIpc) is 2.59. The second kappa shape index (κ2) is 12.3. The topological polar surface area (TPSA) is 30.5 Å². The maximum atomic E-state index is 6.20. The lowest BCUT2D eigenvalue weighted by Crippen LogP contribution is -2.14. The molecule has 0 unspecified atom stereocenters. The Morgan fingerprint density at radius 3 is 2.46 bits per heavy atom. The maximum absolute atomic E-state index is 6.20. The van der Waals surface area contributed by atoms with E-state index in [4.69, 9.17) is 32.7 Å². The SMILES string of the molecule is CCCCNCc1ccc(OCc2ccc(Cl)cc2Cl)c(OCC)c1.Cl. The molecule has 2 rings (SSSR count). The van der Waals surface area contributed by atoms with Gasteiger partial charge in [0.05, 0.1) is 6.61 Å². The van der Waals surface area contributed by atoms with Gasteiger partial charge < -0.3 is 14.8 Å². The quantitative estimate of drug-likeness (QED) is 0.460. The Bertz CT molecular complexity index is 680. The molecule has 0 radical (unpaired) electrons. The van der Waals surface area contributed by atoms with Crippen LogP contribution in [0.25, 0.3) is 0 Å². The van der Waals surface area contributed by atoms with Crippen LogP contribution < -0.4 is 14.8 Å². The van der Waals surface area contributed by atoms with Gasteiger partial charge in [0.25, 0.3) is 0 Å². The van der Waals surface area contributed by atoms with Gasteiger partial charge in [0, 0.05) is 22.2 Å². The molecule has 0 heterocycles. The molecule has 0 saturated heterocycles. The second-order valence-electron chi connectivity index (χ2n) is 5.77. The van der Waals surface area contributed by atoms with E-state index < -0.39 is 0 Å². The fourth-order valence-corrected chi connectivity index (χ4v) is 2.84. The van der Waals surface area contributed by atoms with Gasteiger partial charge in [0.2, 0.25) is 0 Å². The lowest BCUT2D eigenvalue weighted by Gasteiger charge is -2.14. The zero-order chi connectivity index (χ0) is 18.1. The number of ether oxygens (including phenoxy) is 2. The first-order valence-corrected chi connectivity index (χ1v) is 9.42. The predicted octanol–water partition coefficient (Wildman–Crippen LogP) is 6.28. The van der Waals surface area contributed by atoms with Gasteiger partial charge in [0.15, 0.2) is 11.5 Å². The molecule has 3 nitrogen and oxygen atoms in total. The Kier molecular flexibility index (Phi) is 10.8. The third kappa shape index (κ3) is 7.24. The Morgan fingerprint density at radius 1 is 0.962 bits per heavy atom. The second-order valence-corrected chi connectivity index (χ2v) is 6.61. The highest BCUT2D eigenvalue weighted by Gasteiger charge is 2.09. The highest BCUT2D eigenvalue weighted by Crippen LogP contribution is 2.30. The normalized spacial score (nSPS) is 10.3. The zero-order valence-corrected chi connectivity index (χ0v) is 17.5. The molecular weight excluding hydrogens is 393 g/mol. The standard InChI is InChI=1S/C20H25Cl2NO2.ClH/c1-3-5-10-23-13-15-6-9-19(20(11-15)24-4-2)25-14-16-7-8-17(21)12-18(16)22;/h6-9,11-12,23H,3-5,10,13-14H2,1-2H3;1H. The third-order valence-electron chi connectivity index (χ3n) is 3.74. The monoisotopic (exact) mass is 417 g/mol. The minimum atomic E-state index is 0. The molecule has 26 heavy (non-hydrogen) atoms. The number of hydrogen-bond donors (Lipinski definition) is 1. The van der Waals surface area contributed by atoms with E-state index in [1.165, 1.54) is 18.4 Å². The van der Waals surface area contributed by atoms with Crippen LogP contribution in [0.4, 0.5) is 0 Å². The molecule has 2 aromatic carbocycles. The van der Waals surface area contributed by atoms with Crippen molar-refractivity contribution in [1.82, 2.24) is 5.32 Å². The molecule has 0 aliphatic carbocycles. The van der Waals surface area contributed by atoms with Crippen LogP contribution in [0.3, 0.4) is 0 Å². The van der Waals surface area contributed by atoms with Gasteiger partial charge in [-0.25, -0.2) is 0 Å². The van der Waals surface area contributed by atoms with Crippen molar-refractivity contribution < 1.29 is 9.47 Å². The number of rotatable bonds is 10. The summed E-state index contributed by atoms with van der Waals surface area (Å²) >= 11 is 12.1. The van der Waals surface area contributed by atoms with Crippen LogP contribution in [0.2, 0.25) is 10.0 Å². The van der Waals surface area contributed by atoms with Gasteiger partial charge >= 0.3 is 0 Å². The predicted molar refractivity (Wildman–Crippen MR) is 112 cm³/mol. The van der Waals surface area contributed by atoms with Crippen molar-refractivity contribution in [2.24, 2.45) is 0 Å². The smallest absolute Gasteiger partial charge is 0.161 e. The summed E-state index contributed by atoms with van der Waals surface area (Å²) in [5.41, 5.74) is 2.07. The van der Waals surface area contributed by atoms with Crippen molar-refractivity contribution in [3.63, 3.8) is 0 Å². The summed E-state index contributed by atoms with van der Waals surface area (Å²) < 4.78 is 11.7. The Labute approximate surface area is 172 Å². The van der Waals surface area contributed by atoms with Gasteiger partial charge in [-0.2, -0.15) is 0 Å². The summed E-state index contributed by atoms with van der Waals surface area (Å²) in [6.45, 7) is 6.95. The third-order valence-corrected chi connectivity index (χ3v) is 4.33. The van der Waals surface area contributed by atoms with Gasteiger partial charge in [-0.15, -0.1) is 12.4 Å². The summed E-state index contributed by atoms with van der Waals surface area (Å²) in [6, 6.07) is 11.4. The number of benzene rings is 2. The molecule has 0 aliphatic heterocycles. The van der Waals surface area contributed by atoms with E-state index in [1.807, 2.05) is 25.1 Å². The summed E-state index contributed by atoms with van der Waals surface area (Å²) in [5.74, 6) is 1.47. The van der Waals surface area contributed by atoms with Crippen LogP contribution in [0, 0.1) is 0 Å². The lowest BCUT2D eigenvalue weighted by atomic mass is 10.2. The van der Waals surface area contributed by atoms with Crippen molar-refractivity contribution in [2.45, 2.75) is 39.8 Å². The van der Waals surface area contributed by atoms with Crippen LogP contribution in [-0.2, 0) is 13.2 Å². The fourth-order valence-electron chi connectivity index (χ4n) is 2.38. The molecule has 2 aromatic rings. The minimum absolute atomic E-state index is 0. The van der Waals surface area contributed by atoms with E-state index in [-0.39, 0.29) is 12.4 Å². The van der Waals surface area contributed by atoms with Crippen LogP contribution in [0.15, 0.2) is 36.4 Å². The van der Waals surface area contributed by atoms with Gasteiger partial charge in [0.1, 0.15) is 6.61 Å². The van der Waals surface area contributed by atoms with Gasteiger partial charge in [-0.1, -0.05) is 48.7 Å². The summed E-state index contributed by atoms with van der Waals surface area (Å²) in [5, 5.41) is 4.65. The largest absolute Gasteiger partial charge is 0.490 e. The number of unbranched alkanes of at least 4 members (excludes halogenated alkanes) is 1. The number of halogens is 3. The first-order chi connectivity index (χ1) is 12.1. The van der Waals surface area contributed by atoms with E-state index >= 15 is 0 Å². The molecular formula is C20H26Cl3NO2. The molecule has 0 fully saturated rings. The van der Waals surface area contributed by atoms with Crippen molar-refractivity contribution in [3.8, 4) is 11.5 Å². The maximum Gasteiger partial charge on any atom is 0.161 e. The molecule has 0 amide bonds. The summed E-state index contributed by atoms with van der Waals surface area (Å²) in [7, 11) is 0. The van der Waals surface area contributed by atoms with Gasteiger partial charge in [-0.3, -0.25) is 0 Å². The first-order valence-electron chi connectivity index (χ1n) is 8.67. The Morgan fingerprint density at radius 2 is 1.77 bits per heavy atom. The molecule has 6 heteroatoms. The molecule has 0 aliphatic rings. The Balaban J connectivity index is 0.00000338. The fraction of sp³-hybridized carbons (Fsp3) is 0.400. The molecule has 0 aromatic heterocycles. The number of hydrogen-bond acceptors (Lipinski definition) is 3.